The van der Waals surface area contributed by atoms with Gasteiger partial charge in [0.2, 0.25) is 5.75 Å². The number of methoxy groups -OCH3 is 3. The van der Waals surface area contributed by atoms with Crippen molar-refractivity contribution in [3.8, 4) is 28.5 Å². The Morgan fingerprint density at radius 1 is 1.03 bits per heavy atom. The van der Waals surface area contributed by atoms with E-state index < -0.39 is 11.2 Å². The molecule has 2 aromatic heterocycles. The maximum absolute atomic E-state index is 13.4. The van der Waals surface area contributed by atoms with Crippen LogP contribution in [0.4, 0.5) is 0 Å². The number of carbonyl (C=O) groups is 1. The Morgan fingerprint density at radius 3 is 2.22 bits per heavy atom. The van der Waals surface area contributed by atoms with Crippen molar-refractivity contribution in [2.24, 2.45) is 5.41 Å². The largest absolute Gasteiger partial charge is 0.493 e. The number of fused-ring (bicyclic) bond motifs is 1. The smallest absolute Gasteiger partial charge is 0.203 e. The highest BCUT2D eigenvalue weighted by molar-refractivity contribution is 6.09. The zero-order valence-corrected chi connectivity index (χ0v) is 19.1. The topological polar surface area (TPSA) is 105 Å². The van der Waals surface area contributed by atoms with Crippen LogP contribution in [0.5, 0.6) is 17.2 Å². The number of hydrogen-bond acceptors (Lipinski definition) is 8. The molecule has 0 atom stereocenters. The molecule has 0 radical (unpaired) electrons. The van der Waals surface area contributed by atoms with Crippen LogP contribution in [-0.2, 0) is 9.47 Å². The van der Waals surface area contributed by atoms with E-state index in [0.717, 1.165) is 0 Å². The highest BCUT2D eigenvalue weighted by atomic mass is 16.7. The van der Waals surface area contributed by atoms with Crippen molar-refractivity contribution < 1.29 is 28.5 Å². The Hall–Kier alpha value is -3.17. The molecule has 1 aliphatic rings. The third-order valence-electron chi connectivity index (χ3n) is 5.61. The third kappa shape index (κ3) is 3.78. The van der Waals surface area contributed by atoms with Crippen molar-refractivity contribution in [3.63, 3.8) is 0 Å². The third-order valence-corrected chi connectivity index (χ3v) is 5.61. The molecule has 0 bridgehead atoms. The van der Waals surface area contributed by atoms with Crippen molar-refractivity contribution in [2.45, 2.75) is 26.6 Å². The minimum absolute atomic E-state index is 0.115. The molecular weight excluding hydrogens is 414 g/mol. The molecule has 9 nitrogen and oxygen atoms in total. The molecule has 0 aliphatic carbocycles. The summed E-state index contributed by atoms with van der Waals surface area (Å²) < 4.78 is 27.8. The van der Waals surface area contributed by atoms with Gasteiger partial charge in [0.25, 0.3) is 0 Å². The Morgan fingerprint density at radius 2 is 1.66 bits per heavy atom. The molecule has 0 amide bonds. The fourth-order valence-corrected chi connectivity index (χ4v) is 3.64. The van der Waals surface area contributed by atoms with Crippen molar-refractivity contribution in [1.82, 2.24) is 15.0 Å². The van der Waals surface area contributed by atoms with Gasteiger partial charge in [0.15, 0.2) is 28.7 Å². The summed E-state index contributed by atoms with van der Waals surface area (Å²) in [5, 5.41) is 0. The first-order valence-corrected chi connectivity index (χ1v) is 10.2. The van der Waals surface area contributed by atoms with E-state index in [-0.39, 0.29) is 19.0 Å². The van der Waals surface area contributed by atoms with E-state index in [1.54, 1.807) is 45.9 Å². The highest BCUT2D eigenvalue weighted by Gasteiger charge is 2.43. The van der Waals surface area contributed by atoms with Crippen LogP contribution >= 0.6 is 0 Å². The van der Waals surface area contributed by atoms with Gasteiger partial charge in [0.1, 0.15) is 5.52 Å². The quantitative estimate of drug-likeness (QED) is 0.579. The molecule has 1 aromatic carbocycles. The van der Waals surface area contributed by atoms with Crippen LogP contribution in [0.25, 0.3) is 22.4 Å². The summed E-state index contributed by atoms with van der Waals surface area (Å²) in [5.74, 6) is 0.662. The molecule has 32 heavy (non-hydrogen) atoms. The van der Waals surface area contributed by atoms with Crippen LogP contribution in [0.3, 0.4) is 0 Å². The monoisotopic (exact) mass is 441 g/mol. The number of aromatic amines is 1. The normalized spacial score (nSPS) is 17.2. The second-order valence-electron chi connectivity index (χ2n) is 8.44. The number of benzene rings is 1. The van der Waals surface area contributed by atoms with Crippen LogP contribution in [0.1, 0.15) is 31.1 Å². The summed E-state index contributed by atoms with van der Waals surface area (Å²) in [6, 6.07) is 3.58. The lowest BCUT2D eigenvalue weighted by Crippen LogP contribution is -2.49. The Balaban J connectivity index is 1.75. The molecule has 1 saturated heterocycles. The minimum atomic E-state index is -0.825. The number of rotatable bonds is 6. The summed E-state index contributed by atoms with van der Waals surface area (Å²) in [6.45, 7) is 6.01. The maximum atomic E-state index is 13.4. The molecule has 0 saturated carbocycles. The molecule has 3 aromatic rings. The van der Waals surface area contributed by atoms with Crippen molar-refractivity contribution >= 4 is 16.9 Å². The summed E-state index contributed by atoms with van der Waals surface area (Å²) in [4.78, 5) is 25.7. The Labute approximate surface area is 186 Å². The van der Waals surface area contributed by atoms with Crippen molar-refractivity contribution in [3.05, 3.63) is 30.1 Å². The van der Waals surface area contributed by atoms with Crippen LogP contribution in [-0.4, -0.2) is 61.1 Å². The summed E-state index contributed by atoms with van der Waals surface area (Å²) >= 11 is 0. The lowest BCUT2D eigenvalue weighted by Gasteiger charge is -2.40. The predicted molar refractivity (Wildman–Crippen MR) is 117 cm³/mol. The zero-order valence-electron chi connectivity index (χ0n) is 19.1. The fraction of sp³-hybridized carbons (Fsp3) is 0.435. The lowest BCUT2D eigenvalue weighted by atomic mass is 9.83. The van der Waals surface area contributed by atoms with E-state index in [0.29, 0.717) is 45.2 Å². The molecule has 0 spiro atoms. The molecule has 4 rings (SSSR count). The number of Topliss-reactive ketones (excluding diaryl/α,β-unsaturated/α-hetero) is 1. The number of ketones is 1. The number of nitrogens with one attached hydrogen (secondary N) is 1. The number of hydrogen-bond donors (Lipinski definition) is 1. The number of nitrogens with zero attached hydrogens (tertiary/aromatic N) is 2. The number of aromatic nitrogens is 3. The van der Waals surface area contributed by atoms with Gasteiger partial charge < -0.3 is 28.7 Å². The van der Waals surface area contributed by atoms with Crippen LogP contribution in [0.15, 0.2) is 24.5 Å². The molecule has 9 heteroatoms. The summed E-state index contributed by atoms with van der Waals surface area (Å²) in [7, 11) is 4.65. The van der Waals surface area contributed by atoms with E-state index in [9.17, 15) is 4.79 Å². The average Bonchev–Trinajstić information content (AvgIpc) is 3.22. The first-order valence-electron chi connectivity index (χ1n) is 10.2. The van der Waals surface area contributed by atoms with Gasteiger partial charge in [-0.1, -0.05) is 0 Å². The predicted octanol–water partition coefficient (Wildman–Crippen LogP) is 3.62. The molecule has 1 N–H and O–H groups in total. The maximum Gasteiger partial charge on any atom is 0.203 e. The van der Waals surface area contributed by atoms with Gasteiger partial charge in [0.05, 0.1) is 57.4 Å². The molecule has 170 valence electrons. The summed E-state index contributed by atoms with van der Waals surface area (Å²) in [5.41, 5.74) is 1.89. The first kappa shape index (κ1) is 22.0. The lowest BCUT2D eigenvalue weighted by molar-refractivity contribution is -0.272. The van der Waals surface area contributed by atoms with Crippen molar-refractivity contribution in [1.29, 1.82) is 0 Å². The summed E-state index contributed by atoms with van der Waals surface area (Å²) in [6.07, 6.45) is 3.27. The molecule has 0 unspecified atom stereocenters. The number of ether oxygens (including phenoxy) is 5. The van der Waals surface area contributed by atoms with E-state index in [1.807, 2.05) is 20.8 Å². The first-order chi connectivity index (χ1) is 15.2. The second-order valence-corrected chi connectivity index (χ2v) is 8.44. The van der Waals surface area contributed by atoms with E-state index in [1.165, 1.54) is 0 Å². The SMILES string of the molecule is COc1cc(-c2cnc3[nH]cc(C(=O)C4(C)COC(C)(C)OC4)c3n2)cc(OC)c1OC. The van der Waals surface area contributed by atoms with E-state index in [2.05, 4.69) is 9.97 Å². The van der Waals surface area contributed by atoms with E-state index in [4.69, 9.17) is 28.7 Å². The van der Waals surface area contributed by atoms with Gasteiger partial charge in [0, 0.05) is 11.8 Å². The molecule has 1 aliphatic heterocycles. The molecular formula is C23H27N3O6. The standard InChI is InChI=1S/C23H27N3O6/c1-22(2)31-11-23(3,12-32-22)20(27)14-9-24-21-18(14)26-15(10-25-21)13-7-16(28-4)19(30-6)17(8-13)29-5/h7-10H,11-12H2,1-6H3,(H,24,25). The van der Waals surface area contributed by atoms with Gasteiger partial charge >= 0.3 is 0 Å². The van der Waals surface area contributed by atoms with Gasteiger partial charge in [-0.25, -0.2) is 9.97 Å². The van der Waals surface area contributed by atoms with Crippen LogP contribution in [0, 0.1) is 5.41 Å². The minimum Gasteiger partial charge on any atom is -0.493 e. The number of carbonyl (C=O) groups excluding carboxylic acids is 1. The van der Waals surface area contributed by atoms with Crippen LogP contribution < -0.4 is 14.2 Å². The fourth-order valence-electron chi connectivity index (χ4n) is 3.64. The van der Waals surface area contributed by atoms with Gasteiger partial charge in [-0.15, -0.1) is 0 Å². The average molecular weight is 441 g/mol. The Bertz CT molecular complexity index is 1130. The highest BCUT2D eigenvalue weighted by Crippen LogP contribution is 2.41. The van der Waals surface area contributed by atoms with Gasteiger partial charge in [-0.05, 0) is 32.9 Å². The van der Waals surface area contributed by atoms with Gasteiger partial charge in [-0.2, -0.15) is 0 Å². The van der Waals surface area contributed by atoms with Crippen molar-refractivity contribution in [2.75, 3.05) is 34.5 Å². The molecule has 1 fully saturated rings. The number of H-pyrrole nitrogens is 1. The van der Waals surface area contributed by atoms with Gasteiger partial charge in [-0.3, -0.25) is 4.79 Å². The van der Waals surface area contributed by atoms with E-state index >= 15 is 0 Å². The Kier molecular flexibility index (Phi) is 5.56. The van der Waals surface area contributed by atoms with Crippen LogP contribution in [0.2, 0.25) is 0 Å². The molecule has 3 heterocycles. The zero-order chi connectivity index (χ0) is 23.1. The second kappa shape index (κ2) is 8.07.